The number of carbonyl (C=O) groups is 1. The molecule has 0 unspecified atom stereocenters. The number of nitrogens with zero attached hydrogens (tertiary/aromatic N) is 2. The Morgan fingerprint density at radius 2 is 1.96 bits per heavy atom. The van der Waals surface area contributed by atoms with E-state index in [4.69, 9.17) is 0 Å². The summed E-state index contributed by atoms with van der Waals surface area (Å²) in [6.45, 7) is 4.91. The van der Waals surface area contributed by atoms with Crippen molar-refractivity contribution in [3.63, 3.8) is 0 Å². The maximum absolute atomic E-state index is 12.8. The first kappa shape index (κ1) is 16.8. The Hall–Kier alpha value is -2.66. The first-order valence-corrected chi connectivity index (χ1v) is 9.35. The fraction of sp³-hybridized carbons (Fsp3) is 0.333. The van der Waals surface area contributed by atoms with Crippen LogP contribution in [0.15, 0.2) is 42.5 Å². The van der Waals surface area contributed by atoms with Crippen LogP contribution in [-0.2, 0) is 19.4 Å². The summed E-state index contributed by atoms with van der Waals surface area (Å²) >= 11 is 0. The second kappa shape index (κ2) is 7.30. The average molecular weight is 348 g/mol. The largest absolute Gasteiger partial charge is 0.316 e. The summed E-state index contributed by atoms with van der Waals surface area (Å²) in [5.41, 5.74) is 5.26. The molecule has 134 valence electrons. The zero-order chi connectivity index (χ0) is 17.9. The smallest absolute Gasteiger partial charge is 0.257 e. The molecule has 2 N–H and O–H groups in total. The number of carbonyl (C=O) groups excluding carboxylic acids is 1. The van der Waals surface area contributed by atoms with Gasteiger partial charge in [0.25, 0.3) is 5.91 Å². The molecule has 0 bridgehead atoms. The SMILES string of the molecule is CCCn1c(NC(=O)c2ccc3c(c2)CCNCC3)nc2ccccc21. The van der Waals surface area contributed by atoms with Crippen LogP contribution < -0.4 is 10.6 Å². The van der Waals surface area contributed by atoms with E-state index in [0.717, 1.165) is 49.9 Å². The minimum absolute atomic E-state index is 0.0994. The van der Waals surface area contributed by atoms with Gasteiger partial charge in [0, 0.05) is 12.1 Å². The van der Waals surface area contributed by atoms with Crippen LogP contribution in [0, 0.1) is 0 Å². The van der Waals surface area contributed by atoms with E-state index in [1.807, 2.05) is 36.4 Å². The lowest BCUT2D eigenvalue weighted by atomic mass is 10.00. The molecule has 2 heterocycles. The van der Waals surface area contributed by atoms with Gasteiger partial charge in [-0.1, -0.05) is 25.1 Å². The van der Waals surface area contributed by atoms with Gasteiger partial charge in [0.05, 0.1) is 11.0 Å². The quantitative estimate of drug-likeness (QED) is 0.760. The predicted molar refractivity (Wildman–Crippen MR) is 105 cm³/mol. The molecule has 0 fully saturated rings. The van der Waals surface area contributed by atoms with E-state index in [9.17, 15) is 4.79 Å². The summed E-state index contributed by atoms with van der Waals surface area (Å²) in [6, 6.07) is 14.0. The van der Waals surface area contributed by atoms with Crippen molar-refractivity contribution in [3.05, 3.63) is 59.2 Å². The Bertz CT molecular complexity index is 944. The molecule has 1 aliphatic rings. The second-order valence-corrected chi connectivity index (χ2v) is 6.76. The molecule has 0 aliphatic carbocycles. The number of nitrogens with one attached hydrogen (secondary N) is 2. The Morgan fingerprint density at radius 1 is 1.15 bits per heavy atom. The molecule has 3 aromatic rings. The third-order valence-corrected chi connectivity index (χ3v) is 4.94. The number of para-hydroxylation sites is 2. The van der Waals surface area contributed by atoms with E-state index in [-0.39, 0.29) is 5.91 Å². The Morgan fingerprint density at radius 3 is 2.81 bits per heavy atom. The molecule has 1 aromatic heterocycles. The number of benzene rings is 2. The predicted octanol–water partition coefficient (Wildman–Crippen LogP) is 3.39. The van der Waals surface area contributed by atoms with Gasteiger partial charge in [-0.3, -0.25) is 10.1 Å². The van der Waals surface area contributed by atoms with E-state index < -0.39 is 0 Å². The molecule has 0 saturated heterocycles. The monoisotopic (exact) mass is 348 g/mol. The second-order valence-electron chi connectivity index (χ2n) is 6.76. The molecule has 1 amide bonds. The lowest BCUT2D eigenvalue weighted by Crippen LogP contribution is -2.17. The van der Waals surface area contributed by atoms with Gasteiger partial charge in [-0.15, -0.1) is 0 Å². The lowest BCUT2D eigenvalue weighted by molar-refractivity contribution is 0.102. The Balaban J connectivity index is 1.63. The fourth-order valence-electron chi connectivity index (χ4n) is 3.61. The minimum Gasteiger partial charge on any atom is -0.316 e. The van der Waals surface area contributed by atoms with Gasteiger partial charge in [0.2, 0.25) is 5.95 Å². The van der Waals surface area contributed by atoms with Crippen LogP contribution in [0.3, 0.4) is 0 Å². The number of fused-ring (bicyclic) bond motifs is 2. The van der Waals surface area contributed by atoms with Crippen LogP contribution in [0.25, 0.3) is 11.0 Å². The van der Waals surface area contributed by atoms with Gasteiger partial charge >= 0.3 is 0 Å². The van der Waals surface area contributed by atoms with Gasteiger partial charge in [0.15, 0.2) is 0 Å². The normalized spacial score (nSPS) is 14.0. The topological polar surface area (TPSA) is 59.0 Å². The van der Waals surface area contributed by atoms with Crippen LogP contribution in [-0.4, -0.2) is 28.5 Å². The molecule has 2 aromatic carbocycles. The van der Waals surface area contributed by atoms with Crippen molar-refractivity contribution in [2.45, 2.75) is 32.7 Å². The number of imidazole rings is 1. The third kappa shape index (κ3) is 3.22. The van der Waals surface area contributed by atoms with E-state index >= 15 is 0 Å². The lowest BCUT2D eigenvalue weighted by Gasteiger charge is -2.11. The van der Waals surface area contributed by atoms with E-state index in [1.54, 1.807) is 0 Å². The fourth-order valence-corrected chi connectivity index (χ4v) is 3.61. The molecule has 0 atom stereocenters. The maximum atomic E-state index is 12.8. The van der Waals surface area contributed by atoms with Crippen LogP contribution in [0.1, 0.15) is 34.8 Å². The molecule has 0 saturated carbocycles. The third-order valence-electron chi connectivity index (χ3n) is 4.94. The highest BCUT2D eigenvalue weighted by Crippen LogP contribution is 2.21. The molecule has 5 heteroatoms. The Labute approximate surface area is 153 Å². The number of anilines is 1. The van der Waals surface area contributed by atoms with Gasteiger partial charge in [-0.25, -0.2) is 4.98 Å². The first-order valence-electron chi connectivity index (χ1n) is 9.35. The molecule has 26 heavy (non-hydrogen) atoms. The van der Waals surface area contributed by atoms with Gasteiger partial charge in [-0.05, 0) is 67.7 Å². The van der Waals surface area contributed by atoms with Crippen LogP contribution in [0.4, 0.5) is 5.95 Å². The highest BCUT2D eigenvalue weighted by atomic mass is 16.1. The zero-order valence-electron chi connectivity index (χ0n) is 15.1. The van der Waals surface area contributed by atoms with Gasteiger partial charge in [-0.2, -0.15) is 0 Å². The summed E-state index contributed by atoms with van der Waals surface area (Å²) in [6.07, 6.45) is 2.96. The number of aromatic nitrogens is 2. The van der Waals surface area contributed by atoms with Crippen LogP contribution in [0.5, 0.6) is 0 Å². The number of rotatable bonds is 4. The zero-order valence-corrected chi connectivity index (χ0v) is 15.1. The first-order chi connectivity index (χ1) is 12.8. The minimum atomic E-state index is -0.0994. The number of aryl methyl sites for hydroxylation is 1. The number of hydrogen-bond donors (Lipinski definition) is 2. The summed E-state index contributed by atoms with van der Waals surface area (Å²) < 4.78 is 2.08. The van der Waals surface area contributed by atoms with Crippen molar-refractivity contribution in [3.8, 4) is 0 Å². The van der Waals surface area contributed by atoms with E-state index in [2.05, 4.69) is 33.2 Å². The van der Waals surface area contributed by atoms with Crippen molar-refractivity contribution >= 4 is 22.9 Å². The summed E-state index contributed by atoms with van der Waals surface area (Å²) in [5, 5.41) is 6.43. The highest BCUT2D eigenvalue weighted by Gasteiger charge is 2.16. The summed E-state index contributed by atoms with van der Waals surface area (Å²) in [7, 11) is 0. The van der Waals surface area contributed by atoms with Crippen LogP contribution >= 0.6 is 0 Å². The van der Waals surface area contributed by atoms with Crippen molar-refractivity contribution < 1.29 is 4.79 Å². The summed E-state index contributed by atoms with van der Waals surface area (Å²) in [5.74, 6) is 0.521. The number of hydrogen-bond acceptors (Lipinski definition) is 3. The van der Waals surface area contributed by atoms with Gasteiger partial charge < -0.3 is 9.88 Å². The van der Waals surface area contributed by atoms with Gasteiger partial charge in [0.1, 0.15) is 0 Å². The molecular weight excluding hydrogens is 324 g/mol. The number of amides is 1. The van der Waals surface area contributed by atoms with Crippen molar-refractivity contribution in [1.82, 2.24) is 14.9 Å². The van der Waals surface area contributed by atoms with Crippen LogP contribution in [0.2, 0.25) is 0 Å². The van der Waals surface area contributed by atoms with E-state index in [0.29, 0.717) is 11.5 Å². The van der Waals surface area contributed by atoms with Crippen molar-refractivity contribution in [2.75, 3.05) is 18.4 Å². The highest BCUT2D eigenvalue weighted by molar-refractivity contribution is 6.04. The van der Waals surface area contributed by atoms with Crippen molar-refractivity contribution in [2.24, 2.45) is 0 Å². The van der Waals surface area contributed by atoms with E-state index in [1.165, 1.54) is 11.1 Å². The maximum Gasteiger partial charge on any atom is 0.257 e. The standard InChI is InChI=1S/C21H24N4O/c1-2-13-25-19-6-4-3-5-18(19)23-21(25)24-20(26)17-8-7-15-9-11-22-12-10-16(15)14-17/h3-8,14,22H,2,9-13H2,1H3,(H,23,24,26). The summed E-state index contributed by atoms with van der Waals surface area (Å²) in [4.78, 5) is 17.5. The average Bonchev–Trinajstić information content (AvgIpc) is 2.84. The Kier molecular flexibility index (Phi) is 4.71. The molecular formula is C21H24N4O. The molecule has 0 spiro atoms. The molecule has 5 nitrogen and oxygen atoms in total. The molecule has 1 aliphatic heterocycles. The van der Waals surface area contributed by atoms with Crippen molar-refractivity contribution in [1.29, 1.82) is 0 Å². The molecule has 4 rings (SSSR count). The molecule has 0 radical (unpaired) electrons.